The second-order valence-corrected chi connectivity index (χ2v) is 13.0. The van der Waals surface area contributed by atoms with Crippen LogP contribution in [0.3, 0.4) is 0 Å². The third-order valence-corrected chi connectivity index (χ3v) is 10.7. The summed E-state index contributed by atoms with van der Waals surface area (Å²) in [6.45, 7) is 8.68. The number of fused-ring (bicyclic) bond motifs is 5. The molecule has 0 radical (unpaired) electrons. The summed E-state index contributed by atoms with van der Waals surface area (Å²) in [6.07, 6.45) is 0. The number of likely N-dealkylation sites (tertiary alicyclic amines) is 2. The Morgan fingerprint density at radius 3 is 1.33 bits per heavy atom. The predicted molar refractivity (Wildman–Crippen MR) is 131 cm³/mol. The van der Waals surface area contributed by atoms with Crippen LogP contribution in [0.2, 0.25) is 0 Å². The first-order valence-electron chi connectivity index (χ1n) is 12.3. The van der Waals surface area contributed by atoms with Crippen LogP contribution in [0.5, 0.6) is 0 Å². The van der Waals surface area contributed by atoms with Crippen molar-refractivity contribution in [2.75, 3.05) is 76.3 Å². The first-order valence-corrected chi connectivity index (χ1v) is 13.8. The quantitative estimate of drug-likeness (QED) is 0.581. The first-order chi connectivity index (χ1) is 15.9. The van der Waals surface area contributed by atoms with Crippen molar-refractivity contribution in [2.45, 2.75) is 9.79 Å². The number of anilines is 2. The summed E-state index contributed by atoms with van der Waals surface area (Å²) in [6, 6.07) is 12.2. The van der Waals surface area contributed by atoms with Crippen molar-refractivity contribution in [2.24, 2.45) is 23.7 Å². The van der Waals surface area contributed by atoms with Gasteiger partial charge in [-0.3, -0.25) is 0 Å². The SMILES string of the molecule is CN1CC2CN(c3ccc4c(c3)S(=O)(=O)c3cc(N5CC6CN(C)CC6C5)ccc3-4)CC2C1. The highest BCUT2D eigenvalue weighted by molar-refractivity contribution is 7.92. The standard InChI is InChI=1S/C26H32N4O2S/c1-27-9-17-13-29(14-18(17)10-27)21-3-5-23-24-6-4-22(8-26(24)33(31,32)25(23)7-21)30-15-19-11-28(2)12-20(19)16-30/h3-8,17-20H,9-16H2,1-2H3. The van der Waals surface area contributed by atoms with E-state index in [1.54, 1.807) is 0 Å². The van der Waals surface area contributed by atoms with Gasteiger partial charge >= 0.3 is 0 Å². The van der Waals surface area contributed by atoms with Crippen molar-refractivity contribution >= 4 is 21.2 Å². The summed E-state index contributed by atoms with van der Waals surface area (Å²) in [7, 11) is 0.901. The van der Waals surface area contributed by atoms with Crippen molar-refractivity contribution in [3.8, 4) is 11.1 Å². The highest BCUT2D eigenvalue weighted by Gasteiger charge is 2.41. The lowest BCUT2D eigenvalue weighted by Crippen LogP contribution is -2.26. The molecule has 6 nitrogen and oxygen atoms in total. The Bertz CT molecular complexity index is 1130. The molecule has 5 aliphatic heterocycles. The van der Waals surface area contributed by atoms with Crippen LogP contribution in [0.1, 0.15) is 0 Å². The van der Waals surface area contributed by atoms with Gasteiger partial charge in [-0.25, -0.2) is 8.42 Å². The molecule has 4 fully saturated rings. The van der Waals surface area contributed by atoms with E-state index in [9.17, 15) is 8.42 Å². The molecule has 33 heavy (non-hydrogen) atoms. The van der Waals surface area contributed by atoms with Crippen molar-refractivity contribution in [1.29, 1.82) is 0 Å². The van der Waals surface area contributed by atoms with E-state index in [0.29, 0.717) is 33.5 Å². The van der Waals surface area contributed by atoms with E-state index in [1.165, 1.54) is 0 Å². The predicted octanol–water partition coefficient (Wildman–Crippen LogP) is 2.50. The van der Waals surface area contributed by atoms with Gasteiger partial charge in [0.25, 0.3) is 0 Å². The maximum Gasteiger partial charge on any atom is 0.207 e. The third-order valence-electron chi connectivity index (χ3n) is 8.87. The van der Waals surface area contributed by atoms with Crippen molar-refractivity contribution in [3.63, 3.8) is 0 Å². The van der Waals surface area contributed by atoms with Crippen molar-refractivity contribution < 1.29 is 8.42 Å². The van der Waals surface area contributed by atoms with E-state index in [2.05, 4.69) is 45.8 Å². The monoisotopic (exact) mass is 464 g/mol. The molecule has 0 N–H and O–H groups in total. The van der Waals surface area contributed by atoms with Gasteiger partial charge in [0.05, 0.1) is 9.79 Å². The fourth-order valence-electron chi connectivity index (χ4n) is 7.30. The summed E-state index contributed by atoms with van der Waals surface area (Å²) in [5.74, 6) is 2.78. The highest BCUT2D eigenvalue weighted by Crippen LogP contribution is 2.47. The number of rotatable bonds is 2. The number of benzene rings is 2. The maximum absolute atomic E-state index is 13.6. The maximum atomic E-state index is 13.6. The second kappa shape index (κ2) is 6.96. The minimum atomic E-state index is -3.49. The fraction of sp³-hybridized carbons (Fsp3) is 0.538. The Labute approximate surface area is 196 Å². The van der Waals surface area contributed by atoms with Crippen LogP contribution >= 0.6 is 0 Å². The van der Waals surface area contributed by atoms with Gasteiger partial charge in [0.2, 0.25) is 9.84 Å². The Kier molecular flexibility index (Phi) is 4.28. The Morgan fingerprint density at radius 2 is 0.970 bits per heavy atom. The summed E-state index contributed by atoms with van der Waals surface area (Å²) < 4.78 is 27.3. The zero-order valence-electron chi connectivity index (χ0n) is 19.4. The average Bonchev–Trinajstić information content (AvgIpc) is 3.54. The minimum absolute atomic E-state index is 0.487. The lowest BCUT2D eigenvalue weighted by Gasteiger charge is -2.22. The normalized spacial score (nSPS) is 32.3. The molecule has 4 saturated heterocycles. The van der Waals surface area contributed by atoms with Crippen LogP contribution < -0.4 is 9.80 Å². The van der Waals surface area contributed by atoms with Crippen LogP contribution in [0, 0.1) is 23.7 Å². The fourth-order valence-corrected chi connectivity index (χ4v) is 9.02. The topological polar surface area (TPSA) is 47.1 Å². The van der Waals surface area contributed by atoms with Gasteiger partial charge in [-0.2, -0.15) is 0 Å². The van der Waals surface area contributed by atoms with E-state index in [-0.39, 0.29) is 0 Å². The van der Waals surface area contributed by atoms with Crippen LogP contribution in [0.15, 0.2) is 46.2 Å². The zero-order chi connectivity index (χ0) is 22.5. The number of hydrogen-bond acceptors (Lipinski definition) is 6. The van der Waals surface area contributed by atoms with Crippen molar-refractivity contribution in [3.05, 3.63) is 36.4 Å². The van der Waals surface area contributed by atoms with E-state index < -0.39 is 9.84 Å². The molecule has 7 rings (SSSR count). The van der Waals surface area contributed by atoms with E-state index in [1.807, 2.05) is 24.3 Å². The molecule has 174 valence electrons. The molecule has 0 bridgehead atoms. The van der Waals surface area contributed by atoms with Crippen LogP contribution in [-0.4, -0.2) is 84.7 Å². The van der Waals surface area contributed by atoms with E-state index in [4.69, 9.17) is 0 Å². The van der Waals surface area contributed by atoms with Gasteiger partial charge in [0, 0.05) is 74.9 Å². The summed E-state index contributed by atoms with van der Waals surface area (Å²) in [5.41, 5.74) is 3.83. The van der Waals surface area contributed by atoms with Crippen LogP contribution in [0.25, 0.3) is 11.1 Å². The molecule has 0 amide bonds. The highest BCUT2D eigenvalue weighted by atomic mass is 32.2. The molecule has 2 aromatic rings. The molecule has 0 spiro atoms. The summed E-state index contributed by atoms with van der Waals surface area (Å²) >= 11 is 0. The molecule has 7 heteroatoms. The van der Waals surface area contributed by atoms with Gasteiger partial charge in [-0.15, -0.1) is 0 Å². The van der Waals surface area contributed by atoms with Gasteiger partial charge in [-0.1, -0.05) is 12.1 Å². The van der Waals surface area contributed by atoms with E-state index in [0.717, 1.165) is 74.9 Å². The van der Waals surface area contributed by atoms with Crippen molar-refractivity contribution in [1.82, 2.24) is 9.80 Å². The molecule has 4 unspecified atom stereocenters. The van der Waals surface area contributed by atoms with Gasteiger partial charge in [0.1, 0.15) is 0 Å². The van der Waals surface area contributed by atoms with E-state index >= 15 is 0 Å². The summed E-state index contributed by atoms with van der Waals surface area (Å²) in [4.78, 5) is 10.6. The third kappa shape index (κ3) is 3.01. The Hall–Kier alpha value is -2.09. The second-order valence-electron chi connectivity index (χ2n) is 11.2. The molecule has 0 aliphatic carbocycles. The molecule has 2 aromatic carbocycles. The molecular weight excluding hydrogens is 432 g/mol. The summed E-state index contributed by atoms with van der Waals surface area (Å²) in [5, 5.41) is 0. The van der Waals surface area contributed by atoms with Gasteiger partial charge < -0.3 is 19.6 Å². The molecule has 5 heterocycles. The smallest absolute Gasteiger partial charge is 0.207 e. The molecule has 5 aliphatic rings. The molecule has 4 atom stereocenters. The molecule has 0 saturated carbocycles. The lowest BCUT2D eigenvalue weighted by atomic mass is 10.0. The zero-order valence-corrected chi connectivity index (χ0v) is 20.3. The largest absolute Gasteiger partial charge is 0.371 e. The molecule has 0 aromatic heterocycles. The number of nitrogens with zero attached hydrogens (tertiary/aromatic N) is 4. The van der Waals surface area contributed by atoms with Crippen LogP contribution in [-0.2, 0) is 9.84 Å². The Balaban J connectivity index is 1.18. The van der Waals surface area contributed by atoms with Gasteiger partial charge in [0.15, 0.2) is 0 Å². The average molecular weight is 465 g/mol. The minimum Gasteiger partial charge on any atom is -0.371 e. The van der Waals surface area contributed by atoms with Crippen LogP contribution in [0.4, 0.5) is 11.4 Å². The Morgan fingerprint density at radius 1 is 0.606 bits per heavy atom. The molecular formula is C26H32N4O2S. The van der Waals surface area contributed by atoms with Gasteiger partial charge in [-0.05, 0) is 62.0 Å². The number of sulfone groups is 1. The first kappa shape index (κ1) is 20.3. The lowest BCUT2D eigenvalue weighted by molar-refractivity contribution is 0.387. The number of hydrogen-bond donors (Lipinski definition) is 0.